The van der Waals surface area contributed by atoms with Gasteiger partial charge in [0, 0.05) is 45.0 Å². The van der Waals surface area contributed by atoms with Gasteiger partial charge in [0.2, 0.25) is 5.88 Å². The number of amides is 1. The second-order valence-electron chi connectivity index (χ2n) is 7.75. The first-order valence-corrected chi connectivity index (χ1v) is 10.8. The summed E-state index contributed by atoms with van der Waals surface area (Å²) >= 11 is 5.82. The molecule has 0 spiro atoms. The highest BCUT2D eigenvalue weighted by molar-refractivity contribution is 6.33. The zero-order valence-corrected chi connectivity index (χ0v) is 18.8. The number of ether oxygens (including phenoxy) is 1. The Kier molecular flexibility index (Phi) is 6.94. The second-order valence-corrected chi connectivity index (χ2v) is 8.16. The molecule has 1 amide bonds. The lowest BCUT2D eigenvalue weighted by molar-refractivity contribution is -0.137. The van der Waals surface area contributed by atoms with Gasteiger partial charge < -0.3 is 14.7 Å². The van der Waals surface area contributed by atoms with E-state index >= 15 is 0 Å². The van der Waals surface area contributed by atoms with Gasteiger partial charge >= 0.3 is 18.2 Å². The van der Waals surface area contributed by atoms with E-state index in [1.807, 2.05) is 6.07 Å². The lowest BCUT2D eigenvalue weighted by atomic mass is 10.2. The Hall–Kier alpha value is -3.64. The number of alkyl halides is 3. The van der Waals surface area contributed by atoms with E-state index in [0.29, 0.717) is 38.5 Å². The first-order chi connectivity index (χ1) is 16.6. The fourth-order valence-electron chi connectivity index (χ4n) is 3.57. The Morgan fingerprint density at radius 3 is 2.51 bits per heavy atom. The minimum atomic E-state index is -4.49. The Balaban J connectivity index is 1.34. The van der Waals surface area contributed by atoms with Crippen LogP contribution >= 0.6 is 11.6 Å². The van der Waals surface area contributed by atoms with Crippen LogP contribution in [0.25, 0.3) is 0 Å². The van der Waals surface area contributed by atoms with Crippen LogP contribution in [-0.2, 0) is 12.7 Å². The number of carboxylic acid groups (broad SMARTS) is 1. The third-order valence-electron chi connectivity index (χ3n) is 5.30. The molecule has 0 unspecified atom stereocenters. The van der Waals surface area contributed by atoms with Crippen molar-refractivity contribution in [3.63, 3.8) is 0 Å². The smallest absolute Gasteiger partial charge is 0.416 e. The number of pyridine rings is 1. The van der Waals surface area contributed by atoms with Gasteiger partial charge in [0.1, 0.15) is 5.75 Å². The van der Waals surface area contributed by atoms with E-state index in [0.717, 1.165) is 28.6 Å². The number of rotatable bonds is 5. The molecule has 0 radical (unpaired) electrons. The molecule has 1 aromatic carbocycles. The molecule has 1 saturated heterocycles. The first kappa shape index (κ1) is 24.5. The number of aromatic carboxylic acids is 1. The Labute approximate surface area is 202 Å². The van der Waals surface area contributed by atoms with Crippen molar-refractivity contribution in [2.24, 2.45) is 0 Å². The average molecular weight is 510 g/mol. The molecule has 35 heavy (non-hydrogen) atoms. The molecule has 9 nitrogen and oxygen atoms in total. The van der Waals surface area contributed by atoms with Crippen molar-refractivity contribution in [1.29, 1.82) is 0 Å². The summed E-state index contributed by atoms with van der Waals surface area (Å²) in [6.07, 6.45) is -2.28. The molecular formula is C22H19ClF3N5O4. The maximum absolute atomic E-state index is 12.9. The largest absolute Gasteiger partial charge is 0.476 e. The molecule has 1 aliphatic rings. The maximum atomic E-state index is 12.9. The molecule has 1 aliphatic heterocycles. The summed E-state index contributed by atoms with van der Waals surface area (Å²) in [7, 11) is 0. The summed E-state index contributed by atoms with van der Waals surface area (Å²) in [6, 6.07) is 8.20. The fraction of sp³-hybridized carbons (Fsp3) is 0.273. The summed E-state index contributed by atoms with van der Waals surface area (Å²) in [5.74, 6) is -1.12. The van der Waals surface area contributed by atoms with E-state index in [9.17, 15) is 22.8 Å². The number of aromatic nitrogens is 3. The van der Waals surface area contributed by atoms with Crippen molar-refractivity contribution < 1.29 is 32.6 Å². The third kappa shape index (κ3) is 5.89. The van der Waals surface area contributed by atoms with Gasteiger partial charge in [-0.25, -0.2) is 14.6 Å². The normalized spacial score (nSPS) is 14.7. The third-order valence-corrected chi connectivity index (χ3v) is 5.58. The Morgan fingerprint density at radius 1 is 1.11 bits per heavy atom. The second kappa shape index (κ2) is 9.92. The van der Waals surface area contributed by atoms with Crippen LogP contribution in [0.3, 0.4) is 0 Å². The highest BCUT2D eigenvalue weighted by atomic mass is 35.5. The van der Waals surface area contributed by atoms with Crippen molar-refractivity contribution in [2.45, 2.75) is 12.7 Å². The number of hydrogen-bond acceptors (Lipinski definition) is 6. The number of nitrogens with zero attached hydrogens (tertiary/aromatic N) is 5. The highest BCUT2D eigenvalue weighted by Crippen LogP contribution is 2.31. The predicted octanol–water partition coefficient (Wildman–Crippen LogP) is 4.23. The SMILES string of the molecule is O=C(O)c1nn(C(=O)N2CCN(Cc3cccc(Oc4cc(C(F)(F)F)ccn4)c3)CC2)cc1Cl. The predicted molar refractivity (Wildman–Crippen MR) is 118 cm³/mol. The molecule has 0 bridgehead atoms. The van der Waals surface area contributed by atoms with E-state index in [-0.39, 0.29) is 16.6 Å². The van der Waals surface area contributed by atoms with Crippen molar-refractivity contribution in [2.75, 3.05) is 26.2 Å². The average Bonchev–Trinajstić information content (AvgIpc) is 3.21. The van der Waals surface area contributed by atoms with E-state index in [2.05, 4.69) is 15.0 Å². The van der Waals surface area contributed by atoms with Crippen molar-refractivity contribution in [3.8, 4) is 11.6 Å². The van der Waals surface area contributed by atoms with Gasteiger partial charge in [0.25, 0.3) is 0 Å². The molecule has 0 aliphatic carbocycles. The zero-order chi connectivity index (χ0) is 25.2. The lowest BCUT2D eigenvalue weighted by Crippen LogP contribution is -2.49. The van der Waals surface area contributed by atoms with Crippen LogP contribution < -0.4 is 4.74 Å². The summed E-state index contributed by atoms with van der Waals surface area (Å²) in [5, 5.41) is 12.7. The number of hydrogen-bond donors (Lipinski definition) is 1. The molecule has 1 N–H and O–H groups in total. The molecule has 4 rings (SSSR count). The standard InChI is InChI=1S/C22H19ClF3N5O4/c23-17-13-31(28-19(17)20(32)33)21(34)30-8-6-29(7-9-30)12-14-2-1-3-16(10-14)35-18-11-15(4-5-27-18)22(24,25)26/h1-5,10-11,13H,6-9,12H2,(H,32,33). The summed E-state index contributed by atoms with van der Waals surface area (Å²) in [4.78, 5) is 31.2. The van der Waals surface area contributed by atoms with Gasteiger partial charge in [-0.15, -0.1) is 0 Å². The first-order valence-electron chi connectivity index (χ1n) is 10.4. The van der Waals surface area contributed by atoms with Crippen LogP contribution in [0.15, 0.2) is 48.8 Å². The number of benzene rings is 1. The number of carboxylic acids is 1. The van der Waals surface area contributed by atoms with Gasteiger partial charge in [-0.3, -0.25) is 4.90 Å². The van der Waals surface area contributed by atoms with Crippen LogP contribution in [-0.4, -0.2) is 67.9 Å². The van der Waals surface area contributed by atoms with Crippen molar-refractivity contribution in [3.05, 3.63) is 70.6 Å². The lowest BCUT2D eigenvalue weighted by Gasteiger charge is -2.34. The fourth-order valence-corrected chi connectivity index (χ4v) is 3.78. The molecule has 0 saturated carbocycles. The van der Waals surface area contributed by atoms with Crippen molar-refractivity contribution in [1.82, 2.24) is 24.6 Å². The minimum Gasteiger partial charge on any atom is -0.476 e. The molecule has 1 fully saturated rings. The van der Waals surface area contributed by atoms with Gasteiger partial charge in [0.05, 0.1) is 16.8 Å². The Morgan fingerprint density at radius 2 is 1.86 bits per heavy atom. The molecule has 2 aromatic heterocycles. The molecule has 13 heteroatoms. The molecule has 0 atom stereocenters. The molecule has 184 valence electrons. The number of carbonyl (C=O) groups is 2. The van der Waals surface area contributed by atoms with E-state index < -0.39 is 23.7 Å². The van der Waals surface area contributed by atoms with E-state index in [1.165, 1.54) is 6.20 Å². The van der Waals surface area contributed by atoms with Crippen LogP contribution in [0.1, 0.15) is 21.6 Å². The van der Waals surface area contributed by atoms with Gasteiger partial charge in [-0.1, -0.05) is 23.7 Å². The summed E-state index contributed by atoms with van der Waals surface area (Å²) in [6.45, 7) is 2.41. The van der Waals surface area contributed by atoms with E-state index in [1.54, 1.807) is 23.1 Å². The van der Waals surface area contributed by atoms with E-state index in [4.69, 9.17) is 21.4 Å². The van der Waals surface area contributed by atoms with Crippen molar-refractivity contribution >= 4 is 23.6 Å². The van der Waals surface area contributed by atoms with Crippen LogP contribution in [0.5, 0.6) is 11.6 Å². The van der Waals surface area contributed by atoms with Crippen LogP contribution in [0.2, 0.25) is 5.02 Å². The maximum Gasteiger partial charge on any atom is 0.416 e. The van der Waals surface area contributed by atoms with Gasteiger partial charge in [0.15, 0.2) is 5.69 Å². The zero-order valence-electron chi connectivity index (χ0n) is 18.1. The minimum absolute atomic E-state index is 0.119. The topological polar surface area (TPSA) is 101 Å². The number of piperazine rings is 1. The summed E-state index contributed by atoms with van der Waals surface area (Å²) < 4.78 is 45.2. The highest BCUT2D eigenvalue weighted by Gasteiger charge is 2.31. The Bertz CT molecular complexity index is 1240. The monoisotopic (exact) mass is 509 g/mol. The van der Waals surface area contributed by atoms with Gasteiger partial charge in [-0.05, 0) is 23.8 Å². The number of halogens is 4. The molecule has 3 aromatic rings. The number of carbonyl (C=O) groups excluding carboxylic acids is 1. The van der Waals surface area contributed by atoms with Crippen LogP contribution in [0, 0.1) is 0 Å². The van der Waals surface area contributed by atoms with Crippen LogP contribution in [0.4, 0.5) is 18.0 Å². The quantitative estimate of drug-likeness (QED) is 0.549. The van der Waals surface area contributed by atoms with Gasteiger partial charge in [-0.2, -0.15) is 23.0 Å². The summed E-state index contributed by atoms with van der Waals surface area (Å²) in [5.41, 5.74) is -0.358. The molecule has 3 heterocycles. The molecular weight excluding hydrogens is 491 g/mol.